The molecule has 0 spiro atoms. The molecule has 2 aromatic rings. The molecule has 0 aliphatic carbocycles. The third kappa shape index (κ3) is 3.57. The summed E-state index contributed by atoms with van der Waals surface area (Å²) in [6, 6.07) is 13.7. The van der Waals surface area contributed by atoms with E-state index in [1.807, 2.05) is 6.07 Å². The first-order valence-electron chi connectivity index (χ1n) is 6.18. The summed E-state index contributed by atoms with van der Waals surface area (Å²) in [6.45, 7) is 0. The number of allylic oxidation sites excluding steroid dienone is 1. The third-order valence-corrected chi connectivity index (χ3v) is 3.12. The fourth-order valence-corrected chi connectivity index (χ4v) is 1.93. The molecular formula is C16H9ClN2O3. The molecule has 0 aliphatic heterocycles. The molecule has 108 valence electrons. The number of non-ortho nitro benzene ring substituents is 1. The van der Waals surface area contributed by atoms with Gasteiger partial charge in [-0.3, -0.25) is 14.9 Å². The summed E-state index contributed by atoms with van der Waals surface area (Å²) in [5, 5.41) is 20.4. The summed E-state index contributed by atoms with van der Waals surface area (Å²) < 4.78 is 0. The molecule has 5 nitrogen and oxygen atoms in total. The van der Waals surface area contributed by atoms with Gasteiger partial charge in [0, 0.05) is 22.7 Å². The summed E-state index contributed by atoms with van der Waals surface area (Å²) in [5.74, 6) is -0.467. The van der Waals surface area contributed by atoms with Crippen LogP contribution in [0.2, 0.25) is 5.02 Å². The number of ketones is 1. The first-order valence-corrected chi connectivity index (χ1v) is 6.55. The van der Waals surface area contributed by atoms with Crippen LogP contribution in [0.15, 0.2) is 54.1 Å². The van der Waals surface area contributed by atoms with Crippen LogP contribution in [0.1, 0.15) is 15.9 Å². The van der Waals surface area contributed by atoms with E-state index < -0.39 is 10.7 Å². The predicted molar refractivity (Wildman–Crippen MR) is 82.5 cm³/mol. The fourth-order valence-electron chi connectivity index (χ4n) is 1.80. The molecule has 0 unspecified atom stereocenters. The zero-order valence-corrected chi connectivity index (χ0v) is 11.9. The molecule has 6 heteroatoms. The van der Waals surface area contributed by atoms with Gasteiger partial charge in [0.05, 0.1) is 4.92 Å². The van der Waals surface area contributed by atoms with Crippen molar-refractivity contribution in [3.8, 4) is 6.07 Å². The number of nitriles is 1. The number of nitro groups is 1. The van der Waals surface area contributed by atoms with E-state index in [4.69, 9.17) is 16.9 Å². The number of carbonyl (C=O) groups excluding carboxylic acids is 1. The number of nitrogens with zero attached hydrogens (tertiary/aromatic N) is 2. The van der Waals surface area contributed by atoms with E-state index >= 15 is 0 Å². The maximum Gasteiger partial charge on any atom is 0.270 e. The van der Waals surface area contributed by atoms with Crippen molar-refractivity contribution >= 4 is 29.1 Å². The number of rotatable bonds is 4. The standard InChI is InChI=1S/C16H9ClN2O3/c17-14-6-4-12(5-7-14)16(20)13(10-18)8-11-2-1-3-15(9-11)19(21)22/h1-9H/b13-8+. The summed E-state index contributed by atoms with van der Waals surface area (Å²) >= 11 is 5.75. The van der Waals surface area contributed by atoms with Crippen LogP contribution < -0.4 is 0 Å². The Kier molecular flexibility index (Phi) is 4.66. The number of Topliss-reactive ketones (excluding diaryl/α,β-unsaturated/α-hetero) is 1. The van der Waals surface area contributed by atoms with Crippen molar-refractivity contribution in [3.63, 3.8) is 0 Å². The van der Waals surface area contributed by atoms with Crippen molar-refractivity contribution in [2.24, 2.45) is 0 Å². The minimum Gasteiger partial charge on any atom is -0.288 e. The highest BCUT2D eigenvalue weighted by Gasteiger charge is 2.13. The Hall–Kier alpha value is -2.97. The summed E-state index contributed by atoms with van der Waals surface area (Å²) in [6.07, 6.45) is 1.32. The minimum absolute atomic E-state index is 0.106. The summed E-state index contributed by atoms with van der Waals surface area (Å²) in [4.78, 5) is 22.4. The van der Waals surface area contributed by atoms with Gasteiger partial charge in [0.2, 0.25) is 5.78 Å². The van der Waals surface area contributed by atoms with Crippen molar-refractivity contribution in [2.75, 3.05) is 0 Å². The van der Waals surface area contributed by atoms with Crippen molar-refractivity contribution in [1.29, 1.82) is 5.26 Å². The van der Waals surface area contributed by atoms with Crippen molar-refractivity contribution < 1.29 is 9.72 Å². The average molecular weight is 313 g/mol. The van der Waals surface area contributed by atoms with E-state index in [2.05, 4.69) is 0 Å². The highest BCUT2D eigenvalue weighted by atomic mass is 35.5. The molecule has 0 fully saturated rings. The van der Waals surface area contributed by atoms with Crippen LogP contribution in [0.4, 0.5) is 5.69 Å². The van der Waals surface area contributed by atoms with Crippen LogP contribution in [0.3, 0.4) is 0 Å². The molecule has 22 heavy (non-hydrogen) atoms. The van der Waals surface area contributed by atoms with Gasteiger partial charge in [-0.1, -0.05) is 23.7 Å². The van der Waals surface area contributed by atoms with E-state index in [1.165, 1.54) is 36.4 Å². The van der Waals surface area contributed by atoms with E-state index in [1.54, 1.807) is 18.2 Å². The molecule has 0 aliphatic rings. The van der Waals surface area contributed by atoms with Gasteiger partial charge in [0.25, 0.3) is 5.69 Å². The average Bonchev–Trinajstić information content (AvgIpc) is 2.53. The number of nitro benzene ring substituents is 1. The molecule has 0 N–H and O–H groups in total. The van der Waals surface area contributed by atoms with E-state index in [-0.39, 0.29) is 11.3 Å². The Morgan fingerprint density at radius 3 is 2.50 bits per heavy atom. The molecule has 0 bridgehead atoms. The zero-order valence-electron chi connectivity index (χ0n) is 11.2. The second kappa shape index (κ2) is 6.66. The van der Waals surface area contributed by atoms with Crippen LogP contribution in [-0.2, 0) is 0 Å². The van der Waals surface area contributed by atoms with Crippen LogP contribution in [0.25, 0.3) is 6.08 Å². The van der Waals surface area contributed by atoms with Crippen molar-refractivity contribution in [3.05, 3.63) is 80.4 Å². The predicted octanol–water partition coefficient (Wildman–Crippen LogP) is 4.04. The molecular weight excluding hydrogens is 304 g/mol. The maximum absolute atomic E-state index is 12.2. The fraction of sp³-hybridized carbons (Fsp3) is 0. The van der Waals surface area contributed by atoms with E-state index in [0.29, 0.717) is 16.1 Å². The van der Waals surface area contributed by atoms with Crippen LogP contribution in [0.5, 0.6) is 0 Å². The van der Waals surface area contributed by atoms with E-state index in [0.717, 1.165) is 0 Å². The van der Waals surface area contributed by atoms with Crippen LogP contribution in [-0.4, -0.2) is 10.7 Å². The summed E-state index contributed by atoms with van der Waals surface area (Å²) in [7, 11) is 0. The van der Waals surface area contributed by atoms with Gasteiger partial charge in [0.15, 0.2) is 0 Å². The Balaban J connectivity index is 2.37. The molecule has 0 saturated heterocycles. The van der Waals surface area contributed by atoms with Crippen molar-refractivity contribution in [1.82, 2.24) is 0 Å². The summed E-state index contributed by atoms with van der Waals surface area (Å²) in [5.41, 5.74) is 0.517. The maximum atomic E-state index is 12.2. The molecule has 0 aromatic heterocycles. The Bertz CT molecular complexity index is 805. The Morgan fingerprint density at radius 2 is 1.91 bits per heavy atom. The molecule has 0 atom stereocenters. The first kappa shape index (κ1) is 15.4. The van der Waals surface area contributed by atoms with Gasteiger partial charge >= 0.3 is 0 Å². The number of halogens is 1. The molecule has 0 heterocycles. The SMILES string of the molecule is N#C/C(=C\c1cccc([N+](=O)[O-])c1)C(=O)c1ccc(Cl)cc1. The van der Waals surface area contributed by atoms with Gasteiger partial charge in [-0.2, -0.15) is 5.26 Å². The lowest BCUT2D eigenvalue weighted by Crippen LogP contribution is -2.01. The zero-order chi connectivity index (χ0) is 16.1. The van der Waals surface area contributed by atoms with Gasteiger partial charge < -0.3 is 0 Å². The molecule has 0 amide bonds. The number of benzene rings is 2. The number of carbonyl (C=O) groups is 1. The topological polar surface area (TPSA) is 84.0 Å². The monoisotopic (exact) mass is 312 g/mol. The first-order chi connectivity index (χ1) is 10.5. The molecule has 0 radical (unpaired) electrons. The molecule has 0 saturated carbocycles. The van der Waals surface area contributed by atoms with Gasteiger partial charge in [0.1, 0.15) is 11.6 Å². The second-order valence-corrected chi connectivity index (χ2v) is 4.79. The minimum atomic E-state index is -0.537. The smallest absolute Gasteiger partial charge is 0.270 e. The Labute approximate surface area is 131 Å². The second-order valence-electron chi connectivity index (χ2n) is 4.36. The van der Waals surface area contributed by atoms with Crippen LogP contribution in [0, 0.1) is 21.4 Å². The lowest BCUT2D eigenvalue weighted by Gasteiger charge is -2.00. The van der Waals surface area contributed by atoms with Gasteiger partial charge in [-0.15, -0.1) is 0 Å². The van der Waals surface area contributed by atoms with Crippen LogP contribution >= 0.6 is 11.6 Å². The number of hydrogen-bond donors (Lipinski definition) is 0. The highest BCUT2D eigenvalue weighted by molar-refractivity contribution is 6.30. The number of hydrogen-bond acceptors (Lipinski definition) is 4. The van der Waals surface area contributed by atoms with Gasteiger partial charge in [-0.25, -0.2) is 0 Å². The normalized spacial score (nSPS) is 10.8. The lowest BCUT2D eigenvalue weighted by atomic mass is 10.0. The molecule has 2 aromatic carbocycles. The highest BCUT2D eigenvalue weighted by Crippen LogP contribution is 2.18. The molecule has 2 rings (SSSR count). The Morgan fingerprint density at radius 1 is 1.23 bits per heavy atom. The van der Waals surface area contributed by atoms with Gasteiger partial charge in [-0.05, 0) is 35.9 Å². The third-order valence-electron chi connectivity index (χ3n) is 2.86. The van der Waals surface area contributed by atoms with Crippen molar-refractivity contribution in [2.45, 2.75) is 0 Å². The largest absolute Gasteiger partial charge is 0.288 e. The lowest BCUT2D eigenvalue weighted by molar-refractivity contribution is -0.384. The van der Waals surface area contributed by atoms with E-state index in [9.17, 15) is 14.9 Å². The quantitative estimate of drug-likeness (QED) is 0.280.